The molecule has 2 aromatic rings. The largest absolute Gasteiger partial charge is 0.314 e. The van der Waals surface area contributed by atoms with E-state index >= 15 is 0 Å². The summed E-state index contributed by atoms with van der Waals surface area (Å²) >= 11 is 0. The molecule has 0 saturated carbocycles. The Morgan fingerprint density at radius 3 is 2.48 bits per heavy atom. The van der Waals surface area contributed by atoms with Crippen molar-refractivity contribution in [2.24, 2.45) is 7.05 Å². The lowest BCUT2D eigenvalue weighted by Gasteiger charge is -2.33. The molecule has 0 bridgehead atoms. The fourth-order valence-corrected chi connectivity index (χ4v) is 2.61. The van der Waals surface area contributed by atoms with Gasteiger partial charge in [0, 0.05) is 24.4 Å². The Morgan fingerprint density at radius 1 is 1.24 bits per heavy atom. The molecule has 21 heavy (non-hydrogen) atoms. The summed E-state index contributed by atoms with van der Waals surface area (Å²) in [6, 6.07) is 11.1. The van der Waals surface area contributed by atoms with E-state index in [9.17, 15) is 0 Å². The summed E-state index contributed by atoms with van der Waals surface area (Å²) in [4.78, 5) is 1.52. The molecular formula is C16H25N5. The second-order valence-electron chi connectivity index (χ2n) is 5.91. The average Bonchev–Trinajstić information content (AvgIpc) is 2.89. The summed E-state index contributed by atoms with van der Waals surface area (Å²) in [5, 5.41) is 16.1. The van der Waals surface area contributed by atoms with Crippen molar-refractivity contribution < 1.29 is 0 Å². The highest BCUT2D eigenvalue weighted by Gasteiger charge is 2.32. The molecule has 1 N–H and O–H groups in total. The van der Waals surface area contributed by atoms with Crippen LogP contribution < -0.4 is 5.32 Å². The van der Waals surface area contributed by atoms with Crippen molar-refractivity contribution in [3.63, 3.8) is 0 Å². The van der Waals surface area contributed by atoms with Gasteiger partial charge in [-0.1, -0.05) is 51.1 Å². The summed E-state index contributed by atoms with van der Waals surface area (Å²) in [5.74, 6) is 0.800. The Labute approximate surface area is 126 Å². The van der Waals surface area contributed by atoms with Crippen molar-refractivity contribution in [3.05, 3.63) is 41.7 Å². The molecule has 0 aliphatic rings. The zero-order valence-electron chi connectivity index (χ0n) is 13.4. The van der Waals surface area contributed by atoms with Crippen LogP contribution in [0.5, 0.6) is 0 Å². The normalized spacial score (nSPS) is 14.3. The first-order chi connectivity index (χ1) is 10.1. The number of nitrogens with zero attached hydrogens (tertiary/aromatic N) is 4. The van der Waals surface area contributed by atoms with Gasteiger partial charge in [0.25, 0.3) is 0 Å². The topological polar surface area (TPSA) is 55.6 Å². The van der Waals surface area contributed by atoms with Crippen LogP contribution in [-0.2, 0) is 18.9 Å². The zero-order valence-corrected chi connectivity index (χ0v) is 13.4. The molecule has 0 aliphatic heterocycles. The average molecular weight is 287 g/mol. The Kier molecular flexibility index (Phi) is 5.07. The van der Waals surface area contributed by atoms with Crippen molar-refractivity contribution >= 4 is 0 Å². The first kappa shape index (κ1) is 15.6. The van der Waals surface area contributed by atoms with Crippen LogP contribution in [0.25, 0.3) is 0 Å². The van der Waals surface area contributed by atoms with Gasteiger partial charge in [0.05, 0.1) is 7.05 Å². The summed E-state index contributed by atoms with van der Waals surface area (Å²) in [5.41, 5.74) is 1.32. The molecule has 0 aliphatic carbocycles. The van der Waals surface area contributed by atoms with Crippen LogP contribution in [0.2, 0.25) is 0 Å². The first-order valence-corrected chi connectivity index (χ1v) is 7.57. The van der Waals surface area contributed by atoms with Gasteiger partial charge >= 0.3 is 0 Å². The van der Waals surface area contributed by atoms with E-state index in [4.69, 9.17) is 0 Å². The third kappa shape index (κ3) is 3.88. The van der Waals surface area contributed by atoms with Crippen LogP contribution in [-0.4, -0.2) is 32.8 Å². The summed E-state index contributed by atoms with van der Waals surface area (Å²) in [6.45, 7) is 7.48. The Balaban J connectivity index is 2.31. The van der Waals surface area contributed by atoms with Gasteiger partial charge in [0.1, 0.15) is 0 Å². The predicted octanol–water partition coefficient (Wildman–Crippen LogP) is 2.10. The van der Waals surface area contributed by atoms with Crippen LogP contribution in [0.3, 0.4) is 0 Å². The van der Waals surface area contributed by atoms with Crippen molar-refractivity contribution in [2.45, 2.75) is 45.1 Å². The van der Waals surface area contributed by atoms with Gasteiger partial charge in [-0.25, -0.2) is 0 Å². The molecule has 0 spiro atoms. The second kappa shape index (κ2) is 6.80. The van der Waals surface area contributed by atoms with E-state index in [-0.39, 0.29) is 5.41 Å². The molecule has 5 heteroatoms. The number of benzene rings is 1. The van der Waals surface area contributed by atoms with Crippen molar-refractivity contribution in [2.75, 3.05) is 6.54 Å². The summed E-state index contributed by atoms with van der Waals surface area (Å²) in [6.07, 6.45) is 1.82. The van der Waals surface area contributed by atoms with Crippen molar-refractivity contribution in [1.29, 1.82) is 0 Å². The minimum absolute atomic E-state index is 0.00539. The smallest absolute Gasteiger partial charge is 0.175 e. The highest BCUT2D eigenvalue weighted by Crippen LogP contribution is 2.30. The third-order valence-corrected chi connectivity index (χ3v) is 3.96. The fourth-order valence-electron chi connectivity index (χ4n) is 2.61. The van der Waals surface area contributed by atoms with Gasteiger partial charge in [-0.05, 0) is 17.2 Å². The minimum Gasteiger partial charge on any atom is -0.314 e. The molecule has 114 valence electrons. The predicted molar refractivity (Wildman–Crippen MR) is 84.1 cm³/mol. The van der Waals surface area contributed by atoms with E-state index < -0.39 is 0 Å². The highest BCUT2D eigenvalue weighted by molar-refractivity contribution is 5.27. The van der Waals surface area contributed by atoms with Crippen LogP contribution in [0.4, 0.5) is 0 Å². The molecule has 0 amide bonds. The van der Waals surface area contributed by atoms with E-state index in [2.05, 4.69) is 71.8 Å². The second-order valence-corrected chi connectivity index (χ2v) is 5.91. The Hall–Kier alpha value is -1.75. The van der Waals surface area contributed by atoms with Gasteiger partial charge < -0.3 is 5.32 Å². The number of nitrogens with one attached hydrogen (secondary N) is 1. The fraction of sp³-hybridized carbons (Fsp3) is 0.562. The lowest BCUT2D eigenvalue weighted by molar-refractivity contribution is 0.356. The number of hydrogen-bond acceptors (Lipinski definition) is 4. The molecule has 0 radical (unpaired) electrons. The molecule has 1 aromatic heterocycles. The maximum Gasteiger partial charge on any atom is 0.175 e. The molecular weight excluding hydrogens is 262 g/mol. The van der Waals surface area contributed by atoms with Crippen molar-refractivity contribution in [1.82, 2.24) is 25.5 Å². The molecule has 1 aromatic carbocycles. The van der Waals surface area contributed by atoms with Crippen LogP contribution in [0, 0.1) is 0 Å². The quantitative estimate of drug-likeness (QED) is 0.847. The lowest BCUT2D eigenvalue weighted by Crippen LogP contribution is -2.42. The van der Waals surface area contributed by atoms with Crippen molar-refractivity contribution in [3.8, 4) is 0 Å². The van der Waals surface area contributed by atoms with E-state index in [1.807, 2.05) is 0 Å². The molecule has 0 fully saturated rings. The van der Waals surface area contributed by atoms with Crippen LogP contribution in [0.15, 0.2) is 30.3 Å². The lowest BCUT2D eigenvalue weighted by atomic mass is 9.75. The summed E-state index contributed by atoms with van der Waals surface area (Å²) in [7, 11) is 1.80. The van der Waals surface area contributed by atoms with Gasteiger partial charge in [0.2, 0.25) is 0 Å². The molecule has 1 unspecified atom stereocenters. The third-order valence-electron chi connectivity index (χ3n) is 3.96. The summed E-state index contributed by atoms with van der Waals surface area (Å²) < 4.78 is 0. The van der Waals surface area contributed by atoms with E-state index in [0.29, 0.717) is 6.04 Å². The maximum atomic E-state index is 4.36. The number of aromatic nitrogens is 4. The molecule has 5 nitrogen and oxygen atoms in total. The standard InChI is InChI=1S/C16H25N5/c1-5-16(12-17-13(2)3,14-9-7-6-8-10-14)11-15-18-20-21(4)19-15/h6-10,13,17H,5,11-12H2,1-4H3. The van der Waals surface area contributed by atoms with E-state index in [1.165, 1.54) is 10.4 Å². The number of rotatable bonds is 7. The van der Waals surface area contributed by atoms with Gasteiger partial charge in [-0.2, -0.15) is 4.80 Å². The minimum atomic E-state index is -0.00539. The van der Waals surface area contributed by atoms with Crippen LogP contribution >= 0.6 is 0 Å². The molecule has 1 heterocycles. The molecule has 2 rings (SSSR count). The van der Waals surface area contributed by atoms with E-state index in [0.717, 1.165) is 25.2 Å². The highest BCUT2D eigenvalue weighted by atomic mass is 15.6. The van der Waals surface area contributed by atoms with Gasteiger partial charge in [-0.3, -0.25) is 0 Å². The number of hydrogen-bond donors (Lipinski definition) is 1. The first-order valence-electron chi connectivity index (χ1n) is 7.57. The zero-order chi connectivity index (χ0) is 15.3. The van der Waals surface area contributed by atoms with Gasteiger partial charge in [0.15, 0.2) is 5.82 Å². The Bertz CT molecular complexity index is 549. The molecule has 1 atom stereocenters. The van der Waals surface area contributed by atoms with Gasteiger partial charge in [-0.15, -0.1) is 10.2 Å². The SMILES string of the molecule is CCC(CNC(C)C)(Cc1nnn(C)n1)c1ccccc1. The van der Waals surface area contributed by atoms with Crippen LogP contribution in [0.1, 0.15) is 38.6 Å². The number of aryl methyl sites for hydroxylation is 1. The monoisotopic (exact) mass is 287 g/mol. The molecule has 0 saturated heterocycles. The maximum absolute atomic E-state index is 4.36. The number of tetrazole rings is 1. The Morgan fingerprint density at radius 2 is 1.95 bits per heavy atom. The van der Waals surface area contributed by atoms with E-state index in [1.54, 1.807) is 7.05 Å².